The molecular weight excluding hydrogens is 428 g/mol. The highest BCUT2D eigenvalue weighted by atomic mass is 35.5. The smallest absolute Gasteiger partial charge is 0.254 e. The molecule has 0 unspecified atom stereocenters. The fourth-order valence-corrected chi connectivity index (χ4v) is 4.50. The van der Waals surface area contributed by atoms with Gasteiger partial charge in [0, 0.05) is 37.2 Å². The van der Waals surface area contributed by atoms with E-state index in [0.717, 1.165) is 51.4 Å². The van der Waals surface area contributed by atoms with Gasteiger partial charge in [-0.1, -0.05) is 11.6 Å². The lowest BCUT2D eigenvalue weighted by Crippen LogP contribution is -2.40. The van der Waals surface area contributed by atoms with Crippen LogP contribution < -0.4 is 15.8 Å². The molecule has 0 aromatic heterocycles. The van der Waals surface area contributed by atoms with Gasteiger partial charge in [0.2, 0.25) is 0 Å². The first-order valence-corrected chi connectivity index (χ1v) is 11.6. The summed E-state index contributed by atoms with van der Waals surface area (Å²) in [4.78, 5) is 17.2. The van der Waals surface area contributed by atoms with Crippen LogP contribution in [0.3, 0.4) is 0 Å². The number of nitrogens with one attached hydrogen (secondary N) is 1. The molecule has 172 valence electrons. The van der Waals surface area contributed by atoms with Gasteiger partial charge >= 0.3 is 0 Å². The van der Waals surface area contributed by atoms with Crippen LogP contribution in [0.2, 0.25) is 5.02 Å². The first-order valence-electron chi connectivity index (χ1n) is 11.3. The Labute approximate surface area is 194 Å². The third-order valence-electron chi connectivity index (χ3n) is 6.31. The van der Waals surface area contributed by atoms with Gasteiger partial charge in [-0.05, 0) is 69.4 Å². The summed E-state index contributed by atoms with van der Waals surface area (Å²) in [5, 5.41) is 21.7. The van der Waals surface area contributed by atoms with Crippen molar-refractivity contribution in [3.05, 3.63) is 40.6 Å². The Kier molecular flexibility index (Phi) is 8.95. The molecule has 2 aliphatic carbocycles. The minimum Gasteiger partial charge on any atom is -0.490 e. The molecule has 1 amide bonds. The first-order chi connectivity index (χ1) is 15.5. The minimum atomic E-state index is -0.205. The van der Waals surface area contributed by atoms with E-state index in [-0.39, 0.29) is 30.7 Å². The highest BCUT2D eigenvalue weighted by molar-refractivity contribution is 6.31. The maximum atomic E-state index is 12.6. The van der Waals surface area contributed by atoms with Crippen LogP contribution in [-0.4, -0.2) is 42.0 Å². The molecule has 0 heterocycles. The minimum absolute atomic E-state index is 0.0484. The molecule has 0 aliphatic heterocycles. The zero-order chi connectivity index (χ0) is 22.9. The second-order valence-electron chi connectivity index (χ2n) is 8.58. The standard InChI is InChI=1S/C24H31ClN4O3/c25-23-11-22(8-3-17(23)12-26)32-21-9-6-20(7-10-21)29-24(31)18(13-27)14-28-19-4-1-16(15-30)2-5-19/h3,8,11,13-14,16,19-21,30H,1-2,4-7,9-10,15,27H2,(H,29,31). The largest absolute Gasteiger partial charge is 0.490 e. The van der Waals surface area contributed by atoms with Gasteiger partial charge in [0.05, 0.1) is 22.3 Å². The Hall–Kier alpha value is -2.56. The SMILES string of the molecule is N#Cc1ccc(OC2CCC(NC(=O)C(C=NC3CCC(CO)CC3)=CN)CC2)cc1Cl. The predicted octanol–water partition coefficient (Wildman–Crippen LogP) is 3.48. The van der Waals surface area contributed by atoms with Crippen LogP contribution in [0, 0.1) is 17.2 Å². The van der Waals surface area contributed by atoms with Crippen LogP contribution in [0.25, 0.3) is 0 Å². The number of nitrogens with zero attached hydrogens (tertiary/aromatic N) is 2. The summed E-state index contributed by atoms with van der Waals surface area (Å²) < 4.78 is 6.00. The lowest BCUT2D eigenvalue weighted by atomic mass is 9.87. The highest BCUT2D eigenvalue weighted by Gasteiger charge is 2.25. The van der Waals surface area contributed by atoms with E-state index in [4.69, 9.17) is 27.3 Å². The summed E-state index contributed by atoms with van der Waals surface area (Å²) in [6.45, 7) is 0.237. The van der Waals surface area contributed by atoms with Crippen LogP contribution in [0.5, 0.6) is 5.75 Å². The maximum absolute atomic E-state index is 12.6. The van der Waals surface area contributed by atoms with Crippen molar-refractivity contribution in [2.24, 2.45) is 16.6 Å². The van der Waals surface area contributed by atoms with Crippen molar-refractivity contribution >= 4 is 23.7 Å². The fraction of sp³-hybridized carbons (Fsp3) is 0.542. The average Bonchev–Trinajstić information content (AvgIpc) is 2.81. The summed E-state index contributed by atoms with van der Waals surface area (Å²) >= 11 is 6.07. The number of nitriles is 1. The molecule has 3 rings (SSSR count). The van der Waals surface area contributed by atoms with E-state index in [1.807, 2.05) is 6.07 Å². The quantitative estimate of drug-likeness (QED) is 0.426. The highest BCUT2D eigenvalue weighted by Crippen LogP contribution is 2.28. The molecule has 7 nitrogen and oxygen atoms in total. The van der Waals surface area contributed by atoms with Gasteiger partial charge in [0.25, 0.3) is 5.91 Å². The molecule has 0 spiro atoms. The summed E-state index contributed by atoms with van der Waals surface area (Å²) in [6.07, 6.45) is 9.96. The van der Waals surface area contributed by atoms with Crippen molar-refractivity contribution in [1.82, 2.24) is 5.32 Å². The van der Waals surface area contributed by atoms with E-state index >= 15 is 0 Å². The molecule has 2 saturated carbocycles. The number of aliphatic imine (C=N–C) groups is 1. The van der Waals surface area contributed by atoms with Crippen molar-refractivity contribution in [2.45, 2.75) is 69.6 Å². The summed E-state index contributed by atoms with van der Waals surface area (Å²) in [5.74, 6) is 0.824. The molecule has 4 N–H and O–H groups in total. The summed E-state index contributed by atoms with van der Waals surface area (Å²) in [6, 6.07) is 7.37. The van der Waals surface area contributed by atoms with Gasteiger partial charge in [-0.25, -0.2) is 0 Å². The van der Waals surface area contributed by atoms with Gasteiger partial charge < -0.3 is 20.9 Å². The lowest BCUT2D eigenvalue weighted by molar-refractivity contribution is -0.118. The number of carbonyl (C=O) groups is 1. The molecule has 0 saturated heterocycles. The monoisotopic (exact) mass is 458 g/mol. The van der Waals surface area contributed by atoms with E-state index < -0.39 is 0 Å². The molecule has 2 aliphatic rings. The van der Waals surface area contributed by atoms with Crippen LogP contribution in [0.15, 0.2) is 35.0 Å². The number of aliphatic hydroxyl groups excluding tert-OH is 1. The molecule has 0 atom stereocenters. The van der Waals surface area contributed by atoms with Crippen molar-refractivity contribution in [2.75, 3.05) is 6.61 Å². The number of aliphatic hydroxyl groups is 1. The summed E-state index contributed by atoms with van der Waals surface area (Å²) in [7, 11) is 0. The molecule has 1 aromatic rings. The molecule has 0 radical (unpaired) electrons. The molecule has 2 fully saturated rings. The second kappa shape index (κ2) is 11.9. The van der Waals surface area contributed by atoms with Gasteiger partial charge in [-0.15, -0.1) is 0 Å². The van der Waals surface area contributed by atoms with Crippen LogP contribution >= 0.6 is 11.6 Å². The van der Waals surface area contributed by atoms with E-state index in [1.54, 1.807) is 24.4 Å². The lowest BCUT2D eigenvalue weighted by Gasteiger charge is -2.29. The predicted molar refractivity (Wildman–Crippen MR) is 125 cm³/mol. The number of rotatable bonds is 7. The van der Waals surface area contributed by atoms with Gasteiger partial charge in [0.15, 0.2) is 0 Å². The number of hydrogen-bond donors (Lipinski definition) is 3. The zero-order valence-corrected chi connectivity index (χ0v) is 18.9. The molecule has 8 heteroatoms. The third kappa shape index (κ3) is 6.72. The van der Waals surface area contributed by atoms with E-state index in [9.17, 15) is 9.90 Å². The van der Waals surface area contributed by atoms with Crippen LogP contribution in [-0.2, 0) is 4.79 Å². The molecule has 0 bridgehead atoms. The number of amides is 1. The Morgan fingerprint density at radius 3 is 2.56 bits per heavy atom. The average molecular weight is 459 g/mol. The molecule has 1 aromatic carbocycles. The molecular formula is C24H31ClN4O3. The number of hydrogen-bond acceptors (Lipinski definition) is 6. The zero-order valence-electron chi connectivity index (χ0n) is 18.2. The number of benzene rings is 1. The number of ether oxygens (including phenoxy) is 1. The van der Waals surface area contributed by atoms with Gasteiger partial charge in [-0.3, -0.25) is 9.79 Å². The Balaban J connectivity index is 1.43. The molecule has 32 heavy (non-hydrogen) atoms. The van der Waals surface area contributed by atoms with Gasteiger partial charge in [-0.2, -0.15) is 5.26 Å². The van der Waals surface area contributed by atoms with Crippen molar-refractivity contribution in [1.29, 1.82) is 5.26 Å². The van der Waals surface area contributed by atoms with Gasteiger partial charge in [0.1, 0.15) is 11.8 Å². The van der Waals surface area contributed by atoms with Crippen molar-refractivity contribution in [3.8, 4) is 11.8 Å². The Morgan fingerprint density at radius 2 is 1.97 bits per heavy atom. The first kappa shape index (κ1) is 24.1. The number of carbonyl (C=O) groups excluding carboxylic acids is 1. The van der Waals surface area contributed by atoms with Crippen LogP contribution in [0.4, 0.5) is 0 Å². The third-order valence-corrected chi connectivity index (χ3v) is 6.63. The fourth-order valence-electron chi connectivity index (χ4n) is 4.29. The Bertz CT molecular complexity index is 880. The topological polar surface area (TPSA) is 121 Å². The van der Waals surface area contributed by atoms with Crippen molar-refractivity contribution in [3.63, 3.8) is 0 Å². The normalized spacial score (nSPS) is 26.5. The van der Waals surface area contributed by atoms with E-state index in [2.05, 4.69) is 10.3 Å². The number of halogens is 1. The Morgan fingerprint density at radius 1 is 1.25 bits per heavy atom. The second-order valence-corrected chi connectivity index (χ2v) is 8.98. The number of nitrogens with two attached hydrogens (primary N) is 1. The summed E-state index contributed by atoms with van der Waals surface area (Å²) in [5.41, 5.74) is 6.48. The van der Waals surface area contributed by atoms with Crippen LogP contribution in [0.1, 0.15) is 56.9 Å². The van der Waals surface area contributed by atoms with Crippen molar-refractivity contribution < 1.29 is 14.6 Å². The maximum Gasteiger partial charge on any atom is 0.254 e. The van der Waals surface area contributed by atoms with E-state index in [0.29, 0.717) is 27.8 Å². The van der Waals surface area contributed by atoms with E-state index in [1.165, 1.54) is 6.20 Å².